The number of methoxy groups -OCH3 is 1. The van der Waals surface area contributed by atoms with Crippen molar-refractivity contribution in [3.63, 3.8) is 0 Å². The van der Waals surface area contributed by atoms with Crippen LogP contribution in [0.3, 0.4) is 0 Å². The first-order chi connectivity index (χ1) is 7.36. The highest BCUT2D eigenvalue weighted by atomic mass is 28.3. The molecule has 0 aliphatic rings. The Labute approximate surface area is 92.8 Å². The van der Waals surface area contributed by atoms with E-state index in [9.17, 15) is 0 Å². The van der Waals surface area contributed by atoms with E-state index in [-0.39, 0.29) is 0 Å². The number of hydrogen-bond donors (Lipinski definition) is 0. The third-order valence-corrected chi connectivity index (χ3v) is 3.74. The Hall–Kier alpha value is -0.843. The van der Waals surface area contributed by atoms with Crippen molar-refractivity contribution in [2.45, 2.75) is 13.0 Å². The normalized spacial score (nSPS) is 12.4. The lowest BCUT2D eigenvalue weighted by Gasteiger charge is -2.16. The highest BCUT2D eigenvalue weighted by Crippen LogP contribution is 2.11. The summed E-state index contributed by atoms with van der Waals surface area (Å²) in [6.45, 7) is 3.34. The van der Waals surface area contributed by atoms with Gasteiger partial charge >= 0.3 is 9.28 Å². The van der Waals surface area contributed by atoms with Crippen molar-refractivity contribution < 1.29 is 13.6 Å². The number of ether oxygens (including phenoxy) is 1. The number of para-hydroxylation sites is 1. The molecule has 1 aromatic rings. The van der Waals surface area contributed by atoms with E-state index in [1.165, 1.54) is 0 Å². The first kappa shape index (κ1) is 12.2. The summed E-state index contributed by atoms with van der Waals surface area (Å²) in [6, 6.07) is 10.8. The maximum atomic E-state index is 5.77. The van der Waals surface area contributed by atoms with Crippen LogP contribution in [0.15, 0.2) is 30.3 Å². The molecular formula is C11H18O3Si. The maximum absolute atomic E-state index is 5.77. The van der Waals surface area contributed by atoms with Crippen LogP contribution in [0.1, 0.15) is 6.92 Å². The minimum absolute atomic E-state index is 0.619. The summed E-state index contributed by atoms with van der Waals surface area (Å²) in [5, 5.41) is 0. The van der Waals surface area contributed by atoms with E-state index in [1.54, 1.807) is 7.11 Å². The summed E-state index contributed by atoms with van der Waals surface area (Å²) in [5.41, 5.74) is 0. The molecule has 0 bridgehead atoms. The molecule has 0 radical (unpaired) electrons. The minimum atomic E-state index is -1.55. The Balaban J connectivity index is 2.33. The van der Waals surface area contributed by atoms with Crippen LogP contribution in [0.2, 0.25) is 6.04 Å². The van der Waals surface area contributed by atoms with Crippen molar-refractivity contribution in [3.05, 3.63) is 30.3 Å². The SMILES string of the molecule is CC[SiH](OCCOC)Oc1ccccc1. The molecule has 4 heteroatoms. The van der Waals surface area contributed by atoms with Gasteiger partial charge in [-0.3, -0.25) is 0 Å². The third-order valence-electron chi connectivity index (χ3n) is 1.94. The van der Waals surface area contributed by atoms with Gasteiger partial charge in [-0.1, -0.05) is 25.1 Å². The van der Waals surface area contributed by atoms with E-state index < -0.39 is 9.28 Å². The lowest BCUT2D eigenvalue weighted by Crippen LogP contribution is -2.26. The Bertz CT molecular complexity index is 253. The van der Waals surface area contributed by atoms with E-state index in [4.69, 9.17) is 13.6 Å². The van der Waals surface area contributed by atoms with E-state index in [1.807, 2.05) is 30.3 Å². The molecule has 1 atom stereocenters. The highest BCUT2D eigenvalue weighted by Gasteiger charge is 2.11. The molecule has 84 valence electrons. The van der Waals surface area contributed by atoms with Crippen LogP contribution in [0.4, 0.5) is 0 Å². The largest absolute Gasteiger partial charge is 0.522 e. The summed E-state index contributed by atoms with van der Waals surface area (Å²) < 4.78 is 16.3. The summed E-state index contributed by atoms with van der Waals surface area (Å²) in [7, 11) is 0.119. The second-order valence-electron chi connectivity index (χ2n) is 3.13. The van der Waals surface area contributed by atoms with Gasteiger partial charge in [0.25, 0.3) is 0 Å². The molecule has 0 heterocycles. The van der Waals surface area contributed by atoms with Gasteiger partial charge < -0.3 is 13.6 Å². The fourth-order valence-electron chi connectivity index (χ4n) is 1.15. The molecule has 0 amide bonds. The van der Waals surface area contributed by atoms with Crippen LogP contribution in [0.5, 0.6) is 5.75 Å². The fourth-order valence-corrected chi connectivity index (χ4v) is 2.44. The van der Waals surface area contributed by atoms with E-state index in [2.05, 4.69) is 6.92 Å². The first-order valence-electron chi connectivity index (χ1n) is 5.19. The fraction of sp³-hybridized carbons (Fsp3) is 0.455. The Morgan fingerprint density at radius 2 is 1.87 bits per heavy atom. The Morgan fingerprint density at radius 3 is 2.47 bits per heavy atom. The molecule has 0 aliphatic heterocycles. The van der Waals surface area contributed by atoms with Crippen LogP contribution < -0.4 is 4.43 Å². The number of hydrogen-bond acceptors (Lipinski definition) is 3. The molecule has 0 saturated heterocycles. The summed E-state index contributed by atoms with van der Waals surface area (Å²) in [4.78, 5) is 0. The molecule has 3 nitrogen and oxygen atoms in total. The van der Waals surface area contributed by atoms with E-state index in [0.717, 1.165) is 11.8 Å². The molecule has 0 N–H and O–H groups in total. The minimum Gasteiger partial charge on any atom is -0.522 e. The lowest BCUT2D eigenvalue weighted by molar-refractivity contribution is 0.135. The van der Waals surface area contributed by atoms with Crippen LogP contribution >= 0.6 is 0 Å². The highest BCUT2D eigenvalue weighted by molar-refractivity contribution is 6.45. The van der Waals surface area contributed by atoms with Crippen LogP contribution in [0.25, 0.3) is 0 Å². The van der Waals surface area contributed by atoms with Gasteiger partial charge in [-0.25, -0.2) is 0 Å². The van der Waals surface area contributed by atoms with E-state index in [0.29, 0.717) is 13.2 Å². The molecule has 1 rings (SSSR count). The van der Waals surface area contributed by atoms with Crippen molar-refractivity contribution >= 4 is 9.28 Å². The second-order valence-corrected chi connectivity index (χ2v) is 5.38. The zero-order valence-electron chi connectivity index (χ0n) is 9.31. The van der Waals surface area contributed by atoms with Crippen LogP contribution in [0, 0.1) is 0 Å². The molecular weight excluding hydrogens is 208 g/mol. The van der Waals surface area contributed by atoms with Crippen molar-refractivity contribution in [2.24, 2.45) is 0 Å². The number of rotatable bonds is 7. The average Bonchev–Trinajstić information content (AvgIpc) is 2.29. The molecule has 0 aliphatic carbocycles. The number of benzene rings is 1. The lowest BCUT2D eigenvalue weighted by atomic mass is 10.3. The van der Waals surface area contributed by atoms with Crippen LogP contribution in [-0.2, 0) is 9.16 Å². The predicted molar refractivity (Wildman–Crippen MR) is 62.5 cm³/mol. The zero-order chi connectivity index (χ0) is 10.9. The summed E-state index contributed by atoms with van der Waals surface area (Å²) in [6.07, 6.45) is 0. The zero-order valence-corrected chi connectivity index (χ0v) is 10.5. The van der Waals surface area contributed by atoms with Gasteiger partial charge in [-0.05, 0) is 18.2 Å². The molecule has 0 saturated carbocycles. The molecule has 1 aromatic carbocycles. The van der Waals surface area contributed by atoms with Gasteiger partial charge in [-0.2, -0.15) is 0 Å². The van der Waals surface area contributed by atoms with Crippen molar-refractivity contribution in [2.75, 3.05) is 20.3 Å². The van der Waals surface area contributed by atoms with Crippen molar-refractivity contribution in [1.29, 1.82) is 0 Å². The van der Waals surface area contributed by atoms with Gasteiger partial charge in [0.2, 0.25) is 0 Å². The van der Waals surface area contributed by atoms with Crippen LogP contribution in [-0.4, -0.2) is 29.6 Å². The van der Waals surface area contributed by atoms with E-state index >= 15 is 0 Å². The van der Waals surface area contributed by atoms with Gasteiger partial charge in [0.1, 0.15) is 5.75 Å². The summed E-state index contributed by atoms with van der Waals surface area (Å²) in [5.74, 6) is 0.897. The molecule has 0 spiro atoms. The Morgan fingerprint density at radius 1 is 1.13 bits per heavy atom. The molecule has 15 heavy (non-hydrogen) atoms. The maximum Gasteiger partial charge on any atom is 0.382 e. The van der Waals surface area contributed by atoms with Crippen molar-refractivity contribution in [3.8, 4) is 5.75 Å². The monoisotopic (exact) mass is 226 g/mol. The summed E-state index contributed by atoms with van der Waals surface area (Å²) >= 11 is 0. The molecule has 0 fully saturated rings. The van der Waals surface area contributed by atoms with Gasteiger partial charge in [0.05, 0.1) is 13.2 Å². The molecule has 0 aromatic heterocycles. The Kier molecular flexibility index (Phi) is 6.07. The van der Waals surface area contributed by atoms with Gasteiger partial charge in [-0.15, -0.1) is 0 Å². The third kappa shape index (κ3) is 4.97. The second kappa shape index (κ2) is 7.45. The average molecular weight is 226 g/mol. The molecule has 1 unspecified atom stereocenters. The van der Waals surface area contributed by atoms with Gasteiger partial charge in [0.15, 0.2) is 0 Å². The first-order valence-corrected chi connectivity index (χ1v) is 6.95. The van der Waals surface area contributed by atoms with Crippen molar-refractivity contribution in [1.82, 2.24) is 0 Å². The topological polar surface area (TPSA) is 27.7 Å². The smallest absolute Gasteiger partial charge is 0.382 e. The van der Waals surface area contributed by atoms with Gasteiger partial charge in [0, 0.05) is 7.11 Å². The quantitative estimate of drug-likeness (QED) is 0.525. The predicted octanol–water partition coefficient (Wildman–Crippen LogP) is 1.97. The standard InChI is InChI=1S/C11H18O3Si/c1-3-15(13-10-9-12-2)14-11-7-5-4-6-8-11/h4-8,15H,3,9-10H2,1-2H3.